The number of fused-ring (bicyclic) bond motifs is 3. The smallest absolute Gasteiger partial charge is 0.154 e. The van der Waals surface area contributed by atoms with E-state index in [1.165, 1.54) is 0 Å². The van der Waals surface area contributed by atoms with Crippen molar-refractivity contribution >= 4 is 27.4 Å². The lowest BCUT2D eigenvalue weighted by Gasteiger charge is -2.27. The van der Waals surface area contributed by atoms with Crippen LogP contribution in [-0.4, -0.2) is 39.9 Å². The Morgan fingerprint density at radius 1 is 1.41 bits per heavy atom. The zero-order chi connectivity index (χ0) is 11.4. The van der Waals surface area contributed by atoms with Crippen LogP contribution < -0.4 is 4.90 Å². The third-order valence-corrected chi connectivity index (χ3v) is 4.04. The highest BCUT2D eigenvalue weighted by Gasteiger charge is 2.39. The summed E-state index contributed by atoms with van der Waals surface area (Å²) in [4.78, 5) is 6.58. The summed E-state index contributed by atoms with van der Waals surface area (Å²) in [6.07, 6.45) is 3.29. The Hall–Kier alpha value is -1.14. The van der Waals surface area contributed by atoms with Crippen molar-refractivity contribution in [2.24, 2.45) is 0 Å². The van der Waals surface area contributed by atoms with Crippen LogP contribution in [0.25, 0.3) is 5.65 Å². The van der Waals surface area contributed by atoms with Crippen LogP contribution >= 0.6 is 15.9 Å². The van der Waals surface area contributed by atoms with Gasteiger partial charge < -0.3 is 9.64 Å². The lowest BCUT2D eigenvalue weighted by molar-refractivity contribution is 0.0988. The molecule has 88 valence electrons. The maximum Gasteiger partial charge on any atom is 0.154 e. The molecule has 2 aromatic rings. The molecule has 2 aliphatic rings. The number of anilines is 1. The van der Waals surface area contributed by atoms with Gasteiger partial charge in [-0.05, 0) is 34.5 Å². The van der Waals surface area contributed by atoms with Crippen LogP contribution in [0.1, 0.15) is 6.42 Å². The first-order chi connectivity index (χ1) is 8.31. The van der Waals surface area contributed by atoms with Gasteiger partial charge in [0.25, 0.3) is 0 Å². The van der Waals surface area contributed by atoms with Gasteiger partial charge in [-0.2, -0.15) is 0 Å². The molecule has 2 atom stereocenters. The van der Waals surface area contributed by atoms with Crippen molar-refractivity contribution in [1.82, 2.24) is 14.6 Å². The molecule has 17 heavy (non-hydrogen) atoms. The highest BCUT2D eigenvalue weighted by Crippen LogP contribution is 2.31. The molecule has 6 heteroatoms. The maximum atomic E-state index is 5.60. The van der Waals surface area contributed by atoms with Crippen molar-refractivity contribution in [3.63, 3.8) is 0 Å². The molecule has 2 aliphatic heterocycles. The molecule has 0 amide bonds. The van der Waals surface area contributed by atoms with Crippen molar-refractivity contribution in [1.29, 1.82) is 0 Å². The minimum Gasteiger partial charge on any atom is -0.374 e. The average molecular weight is 295 g/mol. The first kappa shape index (κ1) is 9.85. The Morgan fingerprint density at radius 2 is 2.35 bits per heavy atom. The monoisotopic (exact) mass is 294 g/mol. The molecule has 0 radical (unpaired) electrons. The van der Waals surface area contributed by atoms with Crippen LogP contribution in [-0.2, 0) is 4.74 Å². The first-order valence-electron chi connectivity index (χ1n) is 5.70. The predicted octanol–water partition coefficient (Wildman–Crippen LogP) is 1.47. The van der Waals surface area contributed by atoms with Gasteiger partial charge in [0.05, 0.1) is 24.9 Å². The molecule has 2 saturated heterocycles. The van der Waals surface area contributed by atoms with Gasteiger partial charge in [0.1, 0.15) is 10.4 Å². The number of ether oxygens (including phenoxy) is 1. The number of aromatic nitrogens is 3. The fourth-order valence-corrected chi connectivity index (χ4v) is 3.03. The molecule has 0 unspecified atom stereocenters. The van der Waals surface area contributed by atoms with Crippen LogP contribution in [0.3, 0.4) is 0 Å². The number of imidazole rings is 1. The Kier molecular flexibility index (Phi) is 1.99. The minimum atomic E-state index is 0.392. The molecule has 0 saturated carbocycles. The number of morpholine rings is 1. The molecule has 2 aromatic heterocycles. The molecule has 4 heterocycles. The van der Waals surface area contributed by atoms with E-state index in [9.17, 15) is 0 Å². The summed E-state index contributed by atoms with van der Waals surface area (Å²) in [5.41, 5.74) is 0.862. The largest absolute Gasteiger partial charge is 0.374 e. The zero-order valence-corrected chi connectivity index (χ0v) is 10.7. The van der Waals surface area contributed by atoms with E-state index in [1.807, 2.05) is 16.6 Å². The number of halogens is 1. The van der Waals surface area contributed by atoms with Gasteiger partial charge >= 0.3 is 0 Å². The molecule has 5 nitrogen and oxygen atoms in total. The van der Waals surface area contributed by atoms with E-state index < -0.39 is 0 Å². The zero-order valence-electron chi connectivity index (χ0n) is 9.08. The van der Waals surface area contributed by atoms with Gasteiger partial charge in [-0.1, -0.05) is 0 Å². The SMILES string of the molecule is Brc1cnc2ccc(N3C[C@H]4C[C@@H]3CO4)nn12. The van der Waals surface area contributed by atoms with E-state index in [-0.39, 0.29) is 0 Å². The summed E-state index contributed by atoms with van der Waals surface area (Å²) in [5.74, 6) is 1.01. The molecule has 0 aliphatic carbocycles. The standard InChI is InChI=1S/C11H11BrN4O/c12-9-4-13-10-1-2-11(14-16(9)10)15-5-8-3-7(15)6-17-8/h1-2,4,7-8H,3,5-6H2/t7-,8-/m1/s1. The molecular weight excluding hydrogens is 284 g/mol. The summed E-state index contributed by atoms with van der Waals surface area (Å²) < 4.78 is 8.31. The molecule has 0 aromatic carbocycles. The topological polar surface area (TPSA) is 42.7 Å². The van der Waals surface area contributed by atoms with Gasteiger partial charge in [0, 0.05) is 6.54 Å². The van der Waals surface area contributed by atoms with Crippen LogP contribution in [0.15, 0.2) is 22.9 Å². The number of rotatable bonds is 1. The van der Waals surface area contributed by atoms with Gasteiger partial charge in [0.15, 0.2) is 5.65 Å². The third kappa shape index (κ3) is 1.40. The predicted molar refractivity (Wildman–Crippen MR) is 66.2 cm³/mol. The molecule has 4 rings (SSSR count). The van der Waals surface area contributed by atoms with E-state index in [4.69, 9.17) is 4.74 Å². The molecule has 0 spiro atoms. The Bertz CT molecular complexity index is 584. The van der Waals surface area contributed by atoms with Crippen molar-refractivity contribution in [3.05, 3.63) is 22.9 Å². The second-order valence-corrected chi connectivity index (χ2v) is 5.35. The molecule has 0 N–H and O–H groups in total. The van der Waals surface area contributed by atoms with E-state index in [0.29, 0.717) is 12.1 Å². The van der Waals surface area contributed by atoms with E-state index in [2.05, 4.69) is 30.9 Å². The molecular formula is C11H11BrN4O. The van der Waals surface area contributed by atoms with Crippen LogP contribution in [0.2, 0.25) is 0 Å². The van der Waals surface area contributed by atoms with Crippen molar-refractivity contribution in [3.8, 4) is 0 Å². The lowest BCUT2D eigenvalue weighted by Crippen LogP contribution is -2.37. The van der Waals surface area contributed by atoms with Crippen molar-refractivity contribution in [2.45, 2.75) is 18.6 Å². The maximum absolute atomic E-state index is 5.60. The van der Waals surface area contributed by atoms with Crippen LogP contribution in [0.4, 0.5) is 5.82 Å². The molecule has 2 bridgehead atoms. The summed E-state index contributed by atoms with van der Waals surface area (Å²) in [6.45, 7) is 1.78. The number of nitrogens with zero attached hydrogens (tertiary/aromatic N) is 4. The fraction of sp³-hybridized carbons (Fsp3) is 0.455. The summed E-state index contributed by atoms with van der Waals surface area (Å²) >= 11 is 3.45. The second-order valence-electron chi connectivity index (χ2n) is 4.54. The van der Waals surface area contributed by atoms with Gasteiger partial charge in [0.2, 0.25) is 0 Å². The van der Waals surface area contributed by atoms with Crippen molar-refractivity contribution < 1.29 is 4.74 Å². The van der Waals surface area contributed by atoms with E-state index in [0.717, 1.165) is 35.6 Å². The van der Waals surface area contributed by atoms with E-state index >= 15 is 0 Å². The highest BCUT2D eigenvalue weighted by atomic mass is 79.9. The van der Waals surface area contributed by atoms with Crippen LogP contribution in [0.5, 0.6) is 0 Å². The van der Waals surface area contributed by atoms with E-state index in [1.54, 1.807) is 6.20 Å². The van der Waals surface area contributed by atoms with Crippen LogP contribution in [0, 0.1) is 0 Å². The Labute approximate surface area is 107 Å². The number of hydrogen-bond acceptors (Lipinski definition) is 4. The Morgan fingerprint density at radius 3 is 3.12 bits per heavy atom. The second kappa shape index (κ2) is 3.43. The first-order valence-corrected chi connectivity index (χ1v) is 6.49. The summed E-state index contributed by atoms with van der Waals surface area (Å²) in [7, 11) is 0. The van der Waals surface area contributed by atoms with Gasteiger partial charge in [-0.25, -0.2) is 9.50 Å². The quantitative estimate of drug-likeness (QED) is 0.799. The minimum absolute atomic E-state index is 0.392. The van der Waals surface area contributed by atoms with Crippen molar-refractivity contribution in [2.75, 3.05) is 18.1 Å². The summed E-state index contributed by atoms with van der Waals surface area (Å²) in [5, 5.41) is 4.61. The third-order valence-electron chi connectivity index (χ3n) is 3.50. The van der Waals surface area contributed by atoms with Gasteiger partial charge in [-0.3, -0.25) is 0 Å². The highest BCUT2D eigenvalue weighted by molar-refractivity contribution is 9.10. The normalized spacial score (nSPS) is 27.2. The molecule has 2 fully saturated rings. The van der Waals surface area contributed by atoms with Gasteiger partial charge in [-0.15, -0.1) is 5.10 Å². The number of hydrogen-bond donors (Lipinski definition) is 0. The average Bonchev–Trinajstić information content (AvgIpc) is 3.04. The Balaban J connectivity index is 1.78. The fourth-order valence-electron chi connectivity index (χ4n) is 2.67. The summed E-state index contributed by atoms with van der Waals surface area (Å²) in [6, 6.07) is 4.53. The lowest BCUT2D eigenvalue weighted by atomic mass is 10.2.